The number of benzene rings is 3. The first-order valence-electron chi connectivity index (χ1n) is 9.67. The third kappa shape index (κ3) is 4.57. The molecule has 2 amide bonds. The maximum Gasteiger partial charge on any atom is 0.314 e. The molecule has 6 nitrogen and oxygen atoms in total. The molecule has 0 saturated heterocycles. The molecule has 0 spiro atoms. The second-order valence-corrected chi connectivity index (χ2v) is 8.21. The van der Waals surface area contributed by atoms with E-state index in [9.17, 15) is 9.59 Å². The maximum atomic E-state index is 12.3. The van der Waals surface area contributed by atoms with Gasteiger partial charge in [0.15, 0.2) is 0 Å². The van der Waals surface area contributed by atoms with E-state index < -0.39 is 11.8 Å². The fraction of sp³-hybridized carbons (Fsp3) is 0.125. The SMILES string of the molecule is COc1ccc(C)cc1NC(=O)C(=O)Nc1ccc(-c2nc3ccc(C)cc3s2)cc1. The number of hydrogen-bond donors (Lipinski definition) is 2. The second-order valence-electron chi connectivity index (χ2n) is 7.18. The number of nitrogens with zero attached hydrogens (tertiary/aromatic N) is 1. The quantitative estimate of drug-likeness (QED) is 0.437. The van der Waals surface area contributed by atoms with Crippen molar-refractivity contribution in [1.82, 2.24) is 4.98 Å². The van der Waals surface area contributed by atoms with Gasteiger partial charge >= 0.3 is 11.8 Å². The summed E-state index contributed by atoms with van der Waals surface area (Å²) in [6, 6.07) is 18.8. The van der Waals surface area contributed by atoms with E-state index in [1.54, 1.807) is 35.6 Å². The molecule has 156 valence electrons. The second kappa shape index (κ2) is 8.57. The summed E-state index contributed by atoms with van der Waals surface area (Å²) in [6.07, 6.45) is 0. The summed E-state index contributed by atoms with van der Waals surface area (Å²) in [5, 5.41) is 6.12. The summed E-state index contributed by atoms with van der Waals surface area (Å²) < 4.78 is 6.37. The van der Waals surface area contributed by atoms with Crippen molar-refractivity contribution in [2.24, 2.45) is 0 Å². The van der Waals surface area contributed by atoms with Crippen LogP contribution in [0.25, 0.3) is 20.8 Å². The van der Waals surface area contributed by atoms with Gasteiger partial charge in [0.2, 0.25) is 0 Å². The molecule has 4 aromatic rings. The standard InChI is InChI=1S/C24H21N3O3S/c1-14-5-11-20(30-3)19(12-14)26-23(29)22(28)25-17-8-6-16(7-9-17)24-27-18-10-4-15(2)13-21(18)31-24/h4-13H,1-3H3,(H,25,28)(H,26,29). The predicted molar refractivity (Wildman–Crippen MR) is 125 cm³/mol. The van der Waals surface area contributed by atoms with Gasteiger partial charge in [0.05, 0.1) is 23.0 Å². The highest BCUT2D eigenvalue weighted by atomic mass is 32.1. The van der Waals surface area contributed by atoms with Crippen LogP contribution in [0.5, 0.6) is 5.75 Å². The molecule has 0 aliphatic carbocycles. The third-order valence-corrected chi connectivity index (χ3v) is 5.81. The summed E-state index contributed by atoms with van der Waals surface area (Å²) in [5.41, 5.74) is 5.03. The lowest BCUT2D eigenvalue weighted by atomic mass is 10.2. The van der Waals surface area contributed by atoms with Crippen LogP contribution in [-0.4, -0.2) is 23.9 Å². The Labute approximate surface area is 183 Å². The highest BCUT2D eigenvalue weighted by Gasteiger charge is 2.16. The Bertz CT molecular complexity index is 1280. The van der Waals surface area contributed by atoms with Crippen LogP contribution in [0.3, 0.4) is 0 Å². The van der Waals surface area contributed by atoms with Crippen LogP contribution in [0.2, 0.25) is 0 Å². The molecule has 0 unspecified atom stereocenters. The summed E-state index contributed by atoms with van der Waals surface area (Å²) in [7, 11) is 1.51. The molecule has 7 heteroatoms. The Morgan fingerprint density at radius 3 is 2.29 bits per heavy atom. The highest BCUT2D eigenvalue weighted by Crippen LogP contribution is 2.31. The minimum absolute atomic E-state index is 0.448. The monoisotopic (exact) mass is 431 g/mol. The van der Waals surface area contributed by atoms with E-state index in [0.29, 0.717) is 17.1 Å². The van der Waals surface area contributed by atoms with Gasteiger partial charge in [0, 0.05) is 11.3 Å². The van der Waals surface area contributed by atoms with Crippen molar-refractivity contribution in [2.45, 2.75) is 13.8 Å². The zero-order chi connectivity index (χ0) is 22.0. The third-order valence-electron chi connectivity index (χ3n) is 4.74. The van der Waals surface area contributed by atoms with E-state index in [-0.39, 0.29) is 0 Å². The number of aromatic nitrogens is 1. The molecular weight excluding hydrogens is 410 g/mol. The van der Waals surface area contributed by atoms with Crippen molar-refractivity contribution >= 4 is 44.7 Å². The van der Waals surface area contributed by atoms with Crippen molar-refractivity contribution in [3.63, 3.8) is 0 Å². The molecule has 0 fully saturated rings. The van der Waals surface area contributed by atoms with Crippen LogP contribution in [0.15, 0.2) is 60.7 Å². The first-order chi connectivity index (χ1) is 14.9. The van der Waals surface area contributed by atoms with Gasteiger partial charge in [-0.1, -0.05) is 12.1 Å². The number of nitrogens with one attached hydrogen (secondary N) is 2. The number of aryl methyl sites for hydroxylation is 2. The van der Waals surface area contributed by atoms with Crippen LogP contribution in [-0.2, 0) is 9.59 Å². The number of rotatable bonds is 4. The van der Waals surface area contributed by atoms with Crippen LogP contribution >= 0.6 is 11.3 Å². The maximum absolute atomic E-state index is 12.3. The number of fused-ring (bicyclic) bond motifs is 1. The highest BCUT2D eigenvalue weighted by molar-refractivity contribution is 7.21. The number of carbonyl (C=O) groups is 2. The summed E-state index contributed by atoms with van der Waals surface area (Å²) >= 11 is 1.62. The van der Waals surface area contributed by atoms with Gasteiger partial charge in [-0.25, -0.2) is 4.98 Å². The van der Waals surface area contributed by atoms with E-state index >= 15 is 0 Å². The van der Waals surface area contributed by atoms with Gasteiger partial charge in [-0.2, -0.15) is 0 Å². The predicted octanol–water partition coefficient (Wildman–Crippen LogP) is 5.17. The molecule has 2 N–H and O–H groups in total. The largest absolute Gasteiger partial charge is 0.495 e. The first-order valence-corrected chi connectivity index (χ1v) is 10.5. The average molecular weight is 432 g/mol. The molecule has 0 radical (unpaired) electrons. The molecule has 4 rings (SSSR count). The number of carbonyl (C=O) groups excluding carboxylic acids is 2. The average Bonchev–Trinajstić information content (AvgIpc) is 3.17. The van der Waals surface area contributed by atoms with Crippen molar-refractivity contribution in [3.05, 3.63) is 71.8 Å². The Morgan fingerprint density at radius 2 is 1.55 bits per heavy atom. The molecule has 0 aliphatic rings. The van der Waals surface area contributed by atoms with Crippen LogP contribution in [0.1, 0.15) is 11.1 Å². The molecule has 0 saturated carbocycles. The fourth-order valence-electron chi connectivity index (χ4n) is 3.14. The Morgan fingerprint density at radius 1 is 0.871 bits per heavy atom. The summed E-state index contributed by atoms with van der Waals surface area (Å²) in [4.78, 5) is 29.3. The van der Waals surface area contributed by atoms with Crippen LogP contribution < -0.4 is 15.4 Å². The Hall–Kier alpha value is -3.71. The van der Waals surface area contributed by atoms with E-state index in [2.05, 4.69) is 28.6 Å². The van der Waals surface area contributed by atoms with E-state index in [4.69, 9.17) is 4.74 Å². The summed E-state index contributed by atoms with van der Waals surface area (Å²) in [5.74, 6) is -1.04. The minimum atomic E-state index is -0.769. The van der Waals surface area contributed by atoms with Crippen molar-refractivity contribution in [1.29, 1.82) is 0 Å². The van der Waals surface area contributed by atoms with Gasteiger partial charge in [0.25, 0.3) is 0 Å². The first kappa shape index (κ1) is 20.6. The number of anilines is 2. The van der Waals surface area contributed by atoms with Crippen molar-refractivity contribution in [3.8, 4) is 16.3 Å². The lowest BCUT2D eigenvalue weighted by Crippen LogP contribution is -2.29. The zero-order valence-corrected chi connectivity index (χ0v) is 18.2. The van der Waals surface area contributed by atoms with Gasteiger partial charge in [-0.15, -0.1) is 11.3 Å². The van der Waals surface area contributed by atoms with Crippen LogP contribution in [0.4, 0.5) is 11.4 Å². The number of hydrogen-bond acceptors (Lipinski definition) is 5. The topological polar surface area (TPSA) is 80.3 Å². The molecule has 0 bridgehead atoms. The van der Waals surface area contributed by atoms with Gasteiger partial charge in [-0.05, 0) is 73.5 Å². The molecule has 3 aromatic carbocycles. The minimum Gasteiger partial charge on any atom is -0.495 e. The van der Waals surface area contributed by atoms with E-state index in [1.165, 1.54) is 12.7 Å². The smallest absolute Gasteiger partial charge is 0.314 e. The van der Waals surface area contributed by atoms with Crippen molar-refractivity contribution in [2.75, 3.05) is 17.7 Å². The number of methoxy groups -OCH3 is 1. The zero-order valence-electron chi connectivity index (χ0n) is 17.4. The number of amides is 2. The number of thiazole rings is 1. The molecular formula is C24H21N3O3S. The molecule has 1 heterocycles. The van der Waals surface area contributed by atoms with E-state index in [0.717, 1.165) is 26.4 Å². The van der Waals surface area contributed by atoms with Gasteiger partial charge < -0.3 is 15.4 Å². The number of ether oxygens (including phenoxy) is 1. The summed E-state index contributed by atoms with van der Waals surface area (Å²) in [6.45, 7) is 3.95. The molecule has 0 aliphatic heterocycles. The lowest BCUT2D eigenvalue weighted by Gasteiger charge is -2.11. The lowest BCUT2D eigenvalue weighted by molar-refractivity contribution is -0.133. The van der Waals surface area contributed by atoms with Gasteiger partial charge in [-0.3, -0.25) is 9.59 Å². The molecule has 1 aromatic heterocycles. The van der Waals surface area contributed by atoms with Gasteiger partial charge in [0.1, 0.15) is 10.8 Å². The fourth-order valence-corrected chi connectivity index (χ4v) is 4.21. The Balaban J connectivity index is 1.45. The van der Waals surface area contributed by atoms with Crippen LogP contribution in [0, 0.1) is 13.8 Å². The van der Waals surface area contributed by atoms with E-state index in [1.807, 2.05) is 37.3 Å². The molecule has 0 atom stereocenters. The Kier molecular flexibility index (Phi) is 5.68. The molecule has 31 heavy (non-hydrogen) atoms. The normalized spacial score (nSPS) is 10.7. The van der Waals surface area contributed by atoms with Crippen molar-refractivity contribution < 1.29 is 14.3 Å².